The Balaban J connectivity index is 2.06. The van der Waals surface area contributed by atoms with Gasteiger partial charge in [-0.3, -0.25) is 14.5 Å². The molecule has 0 aliphatic carbocycles. The minimum atomic E-state index is -0.550. The Morgan fingerprint density at radius 3 is 2.71 bits per heavy atom. The molecule has 2 amide bonds. The molecule has 2 aromatic rings. The number of phenols is 2. The van der Waals surface area contributed by atoms with Gasteiger partial charge in [-0.25, -0.2) is 0 Å². The average molecular weight is 284 g/mol. The van der Waals surface area contributed by atoms with Gasteiger partial charge in [-0.15, -0.1) is 0 Å². The standard InChI is InChI=1S/C15H12N2O4/c18-9-5-6-13(19)10(7-9)15(21)17-8-14(20)16-11-3-1-2-4-12(11)17/h1-7,18-19H,8H2,(H,16,20). The molecule has 1 aliphatic rings. The number of rotatable bonds is 1. The maximum Gasteiger partial charge on any atom is 0.262 e. The lowest BCUT2D eigenvalue weighted by molar-refractivity contribution is -0.115. The van der Waals surface area contributed by atoms with Crippen molar-refractivity contribution in [3.63, 3.8) is 0 Å². The summed E-state index contributed by atoms with van der Waals surface area (Å²) in [6, 6.07) is 10.6. The number of amides is 2. The van der Waals surface area contributed by atoms with Gasteiger partial charge >= 0.3 is 0 Å². The van der Waals surface area contributed by atoms with Crippen LogP contribution < -0.4 is 10.2 Å². The van der Waals surface area contributed by atoms with Crippen LogP contribution >= 0.6 is 0 Å². The number of fused-ring (bicyclic) bond motifs is 1. The Bertz CT molecular complexity index is 742. The molecule has 6 nitrogen and oxygen atoms in total. The molecule has 6 heteroatoms. The molecule has 106 valence electrons. The van der Waals surface area contributed by atoms with Gasteiger partial charge < -0.3 is 15.5 Å². The lowest BCUT2D eigenvalue weighted by Gasteiger charge is -2.29. The van der Waals surface area contributed by atoms with Crippen LogP contribution in [-0.2, 0) is 4.79 Å². The van der Waals surface area contributed by atoms with Crippen LogP contribution in [0.4, 0.5) is 11.4 Å². The predicted molar refractivity (Wildman–Crippen MR) is 76.5 cm³/mol. The number of nitrogens with one attached hydrogen (secondary N) is 1. The first-order valence-electron chi connectivity index (χ1n) is 6.29. The lowest BCUT2D eigenvalue weighted by Crippen LogP contribution is -2.42. The molecule has 21 heavy (non-hydrogen) atoms. The number of carbonyl (C=O) groups excluding carboxylic acids is 2. The van der Waals surface area contributed by atoms with E-state index >= 15 is 0 Å². The van der Waals surface area contributed by atoms with Crippen LogP contribution in [0.2, 0.25) is 0 Å². The van der Waals surface area contributed by atoms with E-state index in [1.54, 1.807) is 24.3 Å². The van der Waals surface area contributed by atoms with E-state index in [1.807, 2.05) is 0 Å². The fourth-order valence-electron chi connectivity index (χ4n) is 2.26. The first-order valence-corrected chi connectivity index (χ1v) is 6.29. The van der Waals surface area contributed by atoms with Crippen molar-refractivity contribution >= 4 is 23.2 Å². The number of carbonyl (C=O) groups is 2. The molecule has 0 saturated carbocycles. The zero-order valence-corrected chi connectivity index (χ0v) is 10.9. The number of nitrogens with zero attached hydrogens (tertiary/aromatic N) is 1. The second kappa shape index (κ2) is 4.82. The fourth-order valence-corrected chi connectivity index (χ4v) is 2.26. The highest BCUT2D eigenvalue weighted by Gasteiger charge is 2.28. The predicted octanol–water partition coefficient (Wildman–Crippen LogP) is 1.70. The molecule has 1 heterocycles. The summed E-state index contributed by atoms with van der Waals surface area (Å²) in [5.74, 6) is -1.25. The molecular weight excluding hydrogens is 272 g/mol. The van der Waals surface area contributed by atoms with Gasteiger partial charge in [-0.2, -0.15) is 0 Å². The van der Waals surface area contributed by atoms with Crippen LogP contribution in [-0.4, -0.2) is 28.6 Å². The average Bonchev–Trinajstić information content (AvgIpc) is 2.48. The van der Waals surface area contributed by atoms with Crippen molar-refractivity contribution in [3.05, 3.63) is 48.0 Å². The third kappa shape index (κ3) is 2.27. The Morgan fingerprint density at radius 1 is 1.14 bits per heavy atom. The smallest absolute Gasteiger partial charge is 0.262 e. The van der Waals surface area contributed by atoms with Crippen molar-refractivity contribution in [2.24, 2.45) is 0 Å². The third-order valence-corrected chi connectivity index (χ3v) is 3.23. The van der Waals surface area contributed by atoms with Gasteiger partial charge in [0, 0.05) is 0 Å². The number of aromatic hydroxyl groups is 2. The Morgan fingerprint density at radius 2 is 1.90 bits per heavy atom. The molecule has 0 saturated heterocycles. The summed E-state index contributed by atoms with van der Waals surface area (Å²) >= 11 is 0. The van der Waals surface area contributed by atoms with Gasteiger partial charge in [0.15, 0.2) is 0 Å². The molecule has 3 rings (SSSR count). The molecule has 1 aliphatic heterocycles. The van der Waals surface area contributed by atoms with Crippen molar-refractivity contribution in [2.45, 2.75) is 0 Å². The number of para-hydroxylation sites is 2. The van der Waals surface area contributed by atoms with Crippen LogP contribution in [0.15, 0.2) is 42.5 Å². The summed E-state index contributed by atoms with van der Waals surface area (Å²) in [5.41, 5.74) is 1.02. The van der Waals surface area contributed by atoms with E-state index in [-0.39, 0.29) is 29.5 Å². The molecule has 2 aromatic carbocycles. The topological polar surface area (TPSA) is 89.9 Å². The summed E-state index contributed by atoms with van der Waals surface area (Å²) in [4.78, 5) is 25.5. The second-order valence-corrected chi connectivity index (χ2v) is 4.66. The number of benzene rings is 2. The van der Waals surface area contributed by atoms with Crippen molar-refractivity contribution in [1.82, 2.24) is 0 Å². The molecule has 0 spiro atoms. The zero-order valence-electron chi connectivity index (χ0n) is 10.9. The second-order valence-electron chi connectivity index (χ2n) is 4.66. The van der Waals surface area contributed by atoms with Gasteiger partial charge in [-0.1, -0.05) is 12.1 Å². The number of phenolic OH excluding ortho intramolecular Hbond substituents is 2. The van der Waals surface area contributed by atoms with Crippen molar-refractivity contribution < 1.29 is 19.8 Å². The molecule has 0 bridgehead atoms. The zero-order chi connectivity index (χ0) is 15.0. The summed E-state index contributed by atoms with van der Waals surface area (Å²) in [6.45, 7) is -0.148. The first kappa shape index (κ1) is 13.0. The summed E-state index contributed by atoms with van der Waals surface area (Å²) < 4.78 is 0. The minimum Gasteiger partial charge on any atom is -0.508 e. The molecule has 0 atom stereocenters. The van der Waals surface area contributed by atoms with E-state index in [2.05, 4.69) is 5.32 Å². The van der Waals surface area contributed by atoms with E-state index in [9.17, 15) is 19.8 Å². The molecule has 0 fully saturated rings. The summed E-state index contributed by atoms with van der Waals surface area (Å²) in [5, 5.41) is 21.9. The highest BCUT2D eigenvalue weighted by molar-refractivity contribution is 6.16. The van der Waals surface area contributed by atoms with Crippen molar-refractivity contribution in [1.29, 1.82) is 0 Å². The highest BCUT2D eigenvalue weighted by Crippen LogP contribution is 2.32. The fraction of sp³-hybridized carbons (Fsp3) is 0.0667. The maximum absolute atomic E-state index is 12.6. The Labute approximate surface area is 120 Å². The highest BCUT2D eigenvalue weighted by atomic mass is 16.3. The first-order chi connectivity index (χ1) is 10.1. The van der Waals surface area contributed by atoms with Crippen LogP contribution in [0.3, 0.4) is 0 Å². The van der Waals surface area contributed by atoms with E-state index < -0.39 is 5.91 Å². The van der Waals surface area contributed by atoms with E-state index in [0.717, 1.165) is 0 Å². The van der Waals surface area contributed by atoms with Crippen LogP contribution in [0.25, 0.3) is 0 Å². The number of hydrogen-bond acceptors (Lipinski definition) is 4. The van der Waals surface area contributed by atoms with Crippen LogP contribution in [0.5, 0.6) is 11.5 Å². The molecule has 0 radical (unpaired) electrons. The SMILES string of the molecule is O=C1CN(C(=O)c2cc(O)ccc2O)c2ccccc2N1. The van der Waals surface area contributed by atoms with Crippen LogP contribution in [0, 0.1) is 0 Å². The van der Waals surface area contributed by atoms with Crippen molar-refractivity contribution in [2.75, 3.05) is 16.8 Å². The largest absolute Gasteiger partial charge is 0.508 e. The third-order valence-electron chi connectivity index (χ3n) is 3.23. The number of anilines is 2. The van der Waals surface area contributed by atoms with Gasteiger partial charge in [0.05, 0.1) is 16.9 Å². The van der Waals surface area contributed by atoms with Gasteiger partial charge in [0.2, 0.25) is 5.91 Å². The van der Waals surface area contributed by atoms with Crippen LogP contribution in [0.1, 0.15) is 10.4 Å². The summed E-state index contributed by atoms with van der Waals surface area (Å²) in [7, 11) is 0. The Hall–Kier alpha value is -3.02. The Kier molecular flexibility index (Phi) is 2.98. The van der Waals surface area contributed by atoms with E-state index in [1.165, 1.54) is 23.1 Å². The molecule has 3 N–H and O–H groups in total. The van der Waals surface area contributed by atoms with Gasteiger partial charge in [-0.05, 0) is 30.3 Å². The maximum atomic E-state index is 12.6. The van der Waals surface area contributed by atoms with Gasteiger partial charge in [0.25, 0.3) is 5.91 Å². The normalized spacial score (nSPS) is 13.5. The quantitative estimate of drug-likeness (QED) is 0.695. The molecular formula is C15H12N2O4. The van der Waals surface area contributed by atoms with Crippen molar-refractivity contribution in [3.8, 4) is 11.5 Å². The molecule has 0 aromatic heterocycles. The van der Waals surface area contributed by atoms with E-state index in [4.69, 9.17) is 0 Å². The summed E-state index contributed by atoms with van der Waals surface area (Å²) in [6.07, 6.45) is 0. The molecule has 0 unspecified atom stereocenters. The van der Waals surface area contributed by atoms with E-state index in [0.29, 0.717) is 11.4 Å². The number of hydrogen-bond donors (Lipinski definition) is 3. The monoisotopic (exact) mass is 284 g/mol. The lowest BCUT2D eigenvalue weighted by atomic mass is 10.1. The van der Waals surface area contributed by atoms with Gasteiger partial charge in [0.1, 0.15) is 18.0 Å². The minimum absolute atomic E-state index is 0.0560.